The maximum atomic E-state index is 12.6. The summed E-state index contributed by atoms with van der Waals surface area (Å²) in [4.78, 5) is 0. The summed E-state index contributed by atoms with van der Waals surface area (Å²) in [5, 5.41) is 0.943. The Morgan fingerprint density at radius 3 is 2.92 bits per heavy atom. The standard InChI is InChI=1S/C10H10BrF/c11-7-2-1-4-9-5-3-6-10(12)8-9/h1,3-6,8H,2,7H2. The van der Waals surface area contributed by atoms with Crippen LogP contribution >= 0.6 is 15.9 Å². The van der Waals surface area contributed by atoms with Crippen molar-refractivity contribution in [1.29, 1.82) is 0 Å². The van der Waals surface area contributed by atoms with Crippen LogP contribution in [0, 0.1) is 5.82 Å². The molecule has 64 valence electrons. The molecule has 0 spiro atoms. The van der Waals surface area contributed by atoms with Gasteiger partial charge in [0.2, 0.25) is 0 Å². The van der Waals surface area contributed by atoms with Gasteiger partial charge in [0.15, 0.2) is 0 Å². The fourth-order valence-electron chi connectivity index (χ4n) is 0.893. The van der Waals surface area contributed by atoms with Gasteiger partial charge in [0.05, 0.1) is 0 Å². The first kappa shape index (κ1) is 9.46. The molecule has 0 saturated heterocycles. The van der Waals surface area contributed by atoms with Crippen molar-refractivity contribution < 1.29 is 4.39 Å². The van der Waals surface area contributed by atoms with Crippen molar-refractivity contribution in [3.63, 3.8) is 0 Å². The molecule has 1 aromatic carbocycles. The van der Waals surface area contributed by atoms with E-state index in [0.717, 1.165) is 17.3 Å². The normalized spacial score (nSPS) is 10.8. The second kappa shape index (κ2) is 5.09. The number of benzene rings is 1. The van der Waals surface area contributed by atoms with E-state index in [0.29, 0.717) is 0 Å². The van der Waals surface area contributed by atoms with Gasteiger partial charge in [-0.25, -0.2) is 4.39 Å². The van der Waals surface area contributed by atoms with Crippen molar-refractivity contribution in [2.75, 3.05) is 5.33 Å². The lowest BCUT2D eigenvalue weighted by Gasteiger charge is -1.92. The van der Waals surface area contributed by atoms with Crippen LogP contribution in [0.4, 0.5) is 4.39 Å². The molecule has 0 bridgehead atoms. The quantitative estimate of drug-likeness (QED) is 0.694. The van der Waals surface area contributed by atoms with Gasteiger partial charge in [-0.05, 0) is 24.1 Å². The highest BCUT2D eigenvalue weighted by atomic mass is 79.9. The Bertz CT molecular complexity index is 268. The molecular weight excluding hydrogens is 219 g/mol. The van der Waals surface area contributed by atoms with Crippen molar-refractivity contribution in [3.05, 3.63) is 41.7 Å². The molecule has 0 unspecified atom stereocenters. The van der Waals surface area contributed by atoms with Gasteiger partial charge >= 0.3 is 0 Å². The van der Waals surface area contributed by atoms with Gasteiger partial charge in [-0.1, -0.05) is 40.2 Å². The summed E-state index contributed by atoms with van der Waals surface area (Å²) >= 11 is 3.31. The predicted molar refractivity (Wildman–Crippen MR) is 53.8 cm³/mol. The third kappa shape index (κ3) is 3.18. The van der Waals surface area contributed by atoms with Gasteiger partial charge in [-0.2, -0.15) is 0 Å². The molecule has 0 aliphatic heterocycles. The Morgan fingerprint density at radius 2 is 2.25 bits per heavy atom. The largest absolute Gasteiger partial charge is 0.207 e. The molecule has 0 atom stereocenters. The minimum absolute atomic E-state index is 0.184. The van der Waals surface area contributed by atoms with E-state index in [-0.39, 0.29) is 5.82 Å². The molecule has 0 radical (unpaired) electrons. The van der Waals surface area contributed by atoms with Crippen molar-refractivity contribution in [1.82, 2.24) is 0 Å². The van der Waals surface area contributed by atoms with Gasteiger partial charge in [0, 0.05) is 5.33 Å². The molecule has 0 heterocycles. The second-order valence-corrected chi connectivity index (χ2v) is 3.23. The Hall–Kier alpha value is -0.630. The lowest BCUT2D eigenvalue weighted by molar-refractivity contribution is 0.627. The summed E-state index contributed by atoms with van der Waals surface area (Å²) in [5.41, 5.74) is 0.913. The van der Waals surface area contributed by atoms with Gasteiger partial charge < -0.3 is 0 Å². The van der Waals surface area contributed by atoms with Crippen LogP contribution < -0.4 is 0 Å². The minimum Gasteiger partial charge on any atom is -0.207 e. The molecule has 0 aliphatic carbocycles. The van der Waals surface area contributed by atoms with E-state index in [9.17, 15) is 4.39 Å². The van der Waals surface area contributed by atoms with Gasteiger partial charge in [0.25, 0.3) is 0 Å². The van der Waals surface area contributed by atoms with Crippen molar-refractivity contribution >= 4 is 22.0 Å². The molecule has 1 rings (SSSR count). The van der Waals surface area contributed by atoms with Crippen LogP contribution in [-0.2, 0) is 0 Å². The Morgan fingerprint density at radius 1 is 1.42 bits per heavy atom. The van der Waals surface area contributed by atoms with E-state index in [2.05, 4.69) is 15.9 Å². The Balaban J connectivity index is 2.63. The average molecular weight is 229 g/mol. The van der Waals surface area contributed by atoms with Crippen LogP contribution in [0.25, 0.3) is 6.08 Å². The van der Waals surface area contributed by atoms with E-state index in [1.165, 1.54) is 12.1 Å². The average Bonchev–Trinajstić information content (AvgIpc) is 2.05. The fourth-order valence-corrected chi connectivity index (χ4v) is 1.16. The summed E-state index contributed by atoms with van der Waals surface area (Å²) in [6.07, 6.45) is 4.91. The first-order chi connectivity index (χ1) is 5.83. The summed E-state index contributed by atoms with van der Waals surface area (Å²) < 4.78 is 12.6. The predicted octanol–water partition coefficient (Wildman–Crippen LogP) is 3.62. The Labute approximate surface area is 80.2 Å². The molecule has 0 fully saturated rings. The molecule has 0 amide bonds. The maximum absolute atomic E-state index is 12.6. The van der Waals surface area contributed by atoms with Gasteiger partial charge in [-0.15, -0.1) is 0 Å². The fraction of sp³-hybridized carbons (Fsp3) is 0.200. The molecule has 0 saturated carbocycles. The third-order valence-corrected chi connectivity index (χ3v) is 1.89. The van der Waals surface area contributed by atoms with E-state index in [4.69, 9.17) is 0 Å². The number of rotatable bonds is 3. The summed E-state index contributed by atoms with van der Waals surface area (Å²) in [6.45, 7) is 0. The van der Waals surface area contributed by atoms with Crippen molar-refractivity contribution in [2.45, 2.75) is 6.42 Å². The highest BCUT2D eigenvalue weighted by Crippen LogP contribution is 2.05. The zero-order chi connectivity index (χ0) is 8.81. The zero-order valence-electron chi connectivity index (χ0n) is 6.63. The monoisotopic (exact) mass is 228 g/mol. The topological polar surface area (TPSA) is 0 Å². The molecule has 0 aromatic heterocycles. The highest BCUT2D eigenvalue weighted by Gasteiger charge is 1.88. The SMILES string of the molecule is Fc1cccc(C=CCCBr)c1. The zero-order valence-corrected chi connectivity index (χ0v) is 8.22. The number of alkyl halides is 1. The maximum Gasteiger partial charge on any atom is 0.123 e. The molecule has 1 aromatic rings. The molecule has 0 nitrogen and oxygen atoms in total. The first-order valence-electron chi connectivity index (χ1n) is 3.81. The van der Waals surface area contributed by atoms with Crippen LogP contribution in [0.1, 0.15) is 12.0 Å². The second-order valence-electron chi connectivity index (χ2n) is 2.44. The Kier molecular flexibility index (Phi) is 4.01. The number of hydrogen-bond acceptors (Lipinski definition) is 0. The third-order valence-electron chi connectivity index (χ3n) is 1.43. The lowest BCUT2D eigenvalue weighted by Crippen LogP contribution is -1.75. The summed E-state index contributed by atoms with van der Waals surface area (Å²) in [7, 11) is 0. The van der Waals surface area contributed by atoms with Crippen LogP contribution in [0.15, 0.2) is 30.3 Å². The number of allylic oxidation sites excluding steroid dienone is 1. The lowest BCUT2D eigenvalue weighted by atomic mass is 10.2. The van der Waals surface area contributed by atoms with Gasteiger partial charge in [-0.3, -0.25) is 0 Å². The minimum atomic E-state index is -0.184. The van der Waals surface area contributed by atoms with Crippen LogP contribution in [0.2, 0.25) is 0 Å². The van der Waals surface area contributed by atoms with E-state index < -0.39 is 0 Å². The number of hydrogen-bond donors (Lipinski definition) is 0. The van der Waals surface area contributed by atoms with Crippen molar-refractivity contribution in [2.24, 2.45) is 0 Å². The molecule has 0 aliphatic rings. The van der Waals surface area contributed by atoms with Crippen LogP contribution in [0.5, 0.6) is 0 Å². The molecule has 2 heteroatoms. The van der Waals surface area contributed by atoms with Gasteiger partial charge in [0.1, 0.15) is 5.82 Å². The summed E-state index contributed by atoms with van der Waals surface area (Å²) in [6, 6.07) is 6.56. The molecule has 12 heavy (non-hydrogen) atoms. The first-order valence-corrected chi connectivity index (χ1v) is 4.93. The highest BCUT2D eigenvalue weighted by molar-refractivity contribution is 9.09. The number of halogens is 2. The van der Waals surface area contributed by atoms with E-state index in [1.54, 1.807) is 6.07 Å². The smallest absolute Gasteiger partial charge is 0.123 e. The van der Waals surface area contributed by atoms with Crippen molar-refractivity contribution in [3.8, 4) is 0 Å². The van der Waals surface area contributed by atoms with Crippen LogP contribution in [0.3, 0.4) is 0 Å². The molecular formula is C10H10BrF. The van der Waals surface area contributed by atoms with E-state index in [1.807, 2.05) is 18.2 Å². The van der Waals surface area contributed by atoms with E-state index >= 15 is 0 Å². The van der Waals surface area contributed by atoms with Crippen LogP contribution in [-0.4, -0.2) is 5.33 Å². The summed E-state index contributed by atoms with van der Waals surface area (Å²) in [5.74, 6) is -0.184. The molecule has 0 N–H and O–H groups in total.